The van der Waals surface area contributed by atoms with E-state index in [9.17, 15) is 9.59 Å². The topological polar surface area (TPSA) is 73.2 Å². The van der Waals surface area contributed by atoms with E-state index in [4.69, 9.17) is 16.3 Å². The molecule has 2 rings (SSSR count). The van der Waals surface area contributed by atoms with Gasteiger partial charge in [0, 0.05) is 29.7 Å². The van der Waals surface area contributed by atoms with Crippen molar-refractivity contribution in [1.29, 1.82) is 0 Å². The summed E-state index contributed by atoms with van der Waals surface area (Å²) >= 11 is 5.96. The molecular weight excluding hydrogens is 318 g/mol. The Kier molecular flexibility index (Phi) is 5.76. The Morgan fingerprint density at radius 1 is 1.35 bits per heavy atom. The summed E-state index contributed by atoms with van der Waals surface area (Å²) in [6.07, 6.45) is 0.762. The Balaban J connectivity index is 2.12. The molecule has 0 aliphatic carbocycles. The van der Waals surface area contributed by atoms with E-state index in [1.54, 1.807) is 25.3 Å². The molecule has 1 aromatic heterocycles. The Hall–Kier alpha value is -2.34. The minimum atomic E-state index is -0.364. The third kappa shape index (κ3) is 4.32. The van der Waals surface area contributed by atoms with Gasteiger partial charge in [-0.25, -0.2) is 4.68 Å². The van der Waals surface area contributed by atoms with Gasteiger partial charge in [-0.05, 0) is 30.7 Å². The molecule has 122 valence electrons. The van der Waals surface area contributed by atoms with Crippen molar-refractivity contribution >= 4 is 17.5 Å². The lowest BCUT2D eigenvalue weighted by Gasteiger charge is -2.10. The number of benzene rings is 1. The molecule has 2 aromatic rings. The van der Waals surface area contributed by atoms with E-state index in [-0.39, 0.29) is 23.7 Å². The SMILES string of the molecule is CCCn1nc(C(=O)NCc2cc(Cl)ccc2OC)ccc1=O. The van der Waals surface area contributed by atoms with Gasteiger partial charge in [-0.1, -0.05) is 18.5 Å². The zero-order chi connectivity index (χ0) is 16.8. The van der Waals surface area contributed by atoms with E-state index in [2.05, 4.69) is 10.4 Å². The van der Waals surface area contributed by atoms with Crippen LogP contribution in [0, 0.1) is 0 Å². The summed E-state index contributed by atoms with van der Waals surface area (Å²) in [7, 11) is 1.55. The second-order valence-electron chi connectivity index (χ2n) is 4.92. The average molecular weight is 336 g/mol. The number of hydrogen-bond acceptors (Lipinski definition) is 4. The fraction of sp³-hybridized carbons (Fsp3) is 0.312. The molecule has 0 aliphatic heterocycles. The summed E-state index contributed by atoms with van der Waals surface area (Å²) in [4.78, 5) is 23.8. The number of methoxy groups -OCH3 is 1. The van der Waals surface area contributed by atoms with Crippen LogP contribution in [0.3, 0.4) is 0 Å². The first kappa shape index (κ1) is 17.0. The highest BCUT2D eigenvalue weighted by molar-refractivity contribution is 6.30. The smallest absolute Gasteiger partial charge is 0.271 e. The van der Waals surface area contributed by atoms with Crippen LogP contribution in [0.15, 0.2) is 35.1 Å². The van der Waals surface area contributed by atoms with E-state index in [0.717, 1.165) is 12.0 Å². The van der Waals surface area contributed by atoms with Gasteiger partial charge in [0.1, 0.15) is 11.4 Å². The molecule has 0 bridgehead atoms. The van der Waals surface area contributed by atoms with Crippen molar-refractivity contribution in [3.05, 3.63) is 57.0 Å². The van der Waals surface area contributed by atoms with E-state index < -0.39 is 0 Å². The van der Waals surface area contributed by atoms with Gasteiger partial charge in [-0.3, -0.25) is 9.59 Å². The minimum Gasteiger partial charge on any atom is -0.496 e. The Bertz CT molecular complexity index is 758. The molecule has 0 saturated heterocycles. The summed E-state index contributed by atoms with van der Waals surface area (Å²) in [6, 6.07) is 7.94. The maximum Gasteiger partial charge on any atom is 0.271 e. The van der Waals surface area contributed by atoms with Crippen molar-refractivity contribution in [3.63, 3.8) is 0 Å². The molecule has 0 radical (unpaired) electrons. The Morgan fingerprint density at radius 3 is 2.83 bits per heavy atom. The third-order valence-corrected chi connectivity index (χ3v) is 3.45. The molecule has 0 atom stereocenters. The van der Waals surface area contributed by atoms with E-state index in [0.29, 0.717) is 17.3 Å². The summed E-state index contributed by atoms with van der Waals surface area (Å²) < 4.78 is 6.52. The quantitative estimate of drug-likeness (QED) is 0.878. The number of nitrogens with zero attached hydrogens (tertiary/aromatic N) is 2. The van der Waals surface area contributed by atoms with Crippen LogP contribution < -0.4 is 15.6 Å². The predicted molar refractivity (Wildman–Crippen MR) is 88.0 cm³/mol. The number of hydrogen-bond donors (Lipinski definition) is 1. The fourth-order valence-electron chi connectivity index (χ4n) is 2.09. The van der Waals surface area contributed by atoms with Gasteiger partial charge in [0.05, 0.1) is 7.11 Å². The Morgan fingerprint density at radius 2 is 2.13 bits per heavy atom. The van der Waals surface area contributed by atoms with Crippen LogP contribution in [0.4, 0.5) is 0 Å². The molecule has 1 N–H and O–H groups in total. The lowest BCUT2D eigenvalue weighted by atomic mass is 10.2. The molecular formula is C16H18ClN3O3. The lowest BCUT2D eigenvalue weighted by Crippen LogP contribution is -2.29. The molecule has 0 unspecified atom stereocenters. The molecule has 6 nitrogen and oxygen atoms in total. The highest BCUT2D eigenvalue weighted by Crippen LogP contribution is 2.22. The number of aryl methyl sites for hydroxylation is 1. The largest absolute Gasteiger partial charge is 0.496 e. The van der Waals surface area contributed by atoms with E-state index in [1.165, 1.54) is 16.8 Å². The first-order chi connectivity index (χ1) is 11.0. The number of nitrogens with one attached hydrogen (secondary N) is 1. The fourth-order valence-corrected chi connectivity index (χ4v) is 2.29. The zero-order valence-electron chi connectivity index (χ0n) is 13.0. The molecule has 0 spiro atoms. The van der Waals surface area contributed by atoms with Crippen LogP contribution in [-0.4, -0.2) is 22.8 Å². The summed E-state index contributed by atoms with van der Waals surface area (Å²) in [6.45, 7) is 2.66. The molecule has 1 aromatic carbocycles. The van der Waals surface area contributed by atoms with Crippen molar-refractivity contribution < 1.29 is 9.53 Å². The van der Waals surface area contributed by atoms with Gasteiger partial charge < -0.3 is 10.1 Å². The molecule has 0 saturated carbocycles. The van der Waals surface area contributed by atoms with Crippen LogP contribution in [0.25, 0.3) is 0 Å². The number of halogens is 1. The van der Waals surface area contributed by atoms with Gasteiger partial charge in [0.25, 0.3) is 11.5 Å². The second kappa shape index (κ2) is 7.78. The van der Waals surface area contributed by atoms with Crippen molar-refractivity contribution in [2.75, 3.05) is 7.11 Å². The highest BCUT2D eigenvalue weighted by atomic mass is 35.5. The van der Waals surface area contributed by atoms with Crippen LogP contribution in [-0.2, 0) is 13.1 Å². The van der Waals surface area contributed by atoms with Gasteiger partial charge in [0.15, 0.2) is 0 Å². The van der Waals surface area contributed by atoms with E-state index >= 15 is 0 Å². The normalized spacial score (nSPS) is 10.4. The van der Waals surface area contributed by atoms with Crippen LogP contribution in [0.2, 0.25) is 5.02 Å². The number of rotatable bonds is 6. The number of amides is 1. The van der Waals surface area contributed by atoms with E-state index in [1.807, 2.05) is 6.92 Å². The average Bonchev–Trinajstić information content (AvgIpc) is 2.55. The van der Waals surface area contributed by atoms with Gasteiger partial charge in [-0.15, -0.1) is 0 Å². The predicted octanol–water partition coefficient (Wildman–Crippen LogP) is 2.25. The van der Waals surface area contributed by atoms with Crippen molar-refractivity contribution in [3.8, 4) is 5.75 Å². The van der Waals surface area contributed by atoms with Crippen LogP contribution in [0.5, 0.6) is 5.75 Å². The first-order valence-electron chi connectivity index (χ1n) is 7.24. The minimum absolute atomic E-state index is 0.194. The maximum atomic E-state index is 12.2. The Labute approximate surface area is 139 Å². The van der Waals surface area contributed by atoms with Crippen molar-refractivity contribution in [1.82, 2.24) is 15.1 Å². The standard InChI is InChI=1S/C16H18ClN3O3/c1-3-8-20-15(21)7-5-13(19-20)16(22)18-10-11-9-12(17)4-6-14(11)23-2/h4-7,9H,3,8,10H2,1-2H3,(H,18,22). The number of ether oxygens (including phenoxy) is 1. The van der Waals surface area contributed by atoms with Crippen molar-refractivity contribution in [2.24, 2.45) is 0 Å². The molecule has 0 aliphatic rings. The van der Waals surface area contributed by atoms with Gasteiger partial charge in [-0.2, -0.15) is 5.10 Å². The summed E-state index contributed by atoms with van der Waals surface area (Å²) in [5.41, 5.74) is 0.731. The number of aromatic nitrogens is 2. The van der Waals surface area contributed by atoms with Crippen LogP contribution >= 0.6 is 11.6 Å². The number of carbonyl (C=O) groups excluding carboxylic acids is 1. The highest BCUT2D eigenvalue weighted by Gasteiger charge is 2.11. The first-order valence-corrected chi connectivity index (χ1v) is 7.61. The zero-order valence-corrected chi connectivity index (χ0v) is 13.8. The third-order valence-electron chi connectivity index (χ3n) is 3.22. The maximum absolute atomic E-state index is 12.2. The molecule has 23 heavy (non-hydrogen) atoms. The van der Waals surface area contributed by atoms with Crippen LogP contribution in [0.1, 0.15) is 29.4 Å². The second-order valence-corrected chi connectivity index (χ2v) is 5.36. The van der Waals surface area contributed by atoms with Gasteiger partial charge in [0.2, 0.25) is 0 Å². The number of carbonyl (C=O) groups is 1. The summed E-state index contributed by atoms with van der Waals surface area (Å²) in [5, 5.41) is 7.38. The molecule has 1 amide bonds. The van der Waals surface area contributed by atoms with Gasteiger partial charge >= 0.3 is 0 Å². The lowest BCUT2D eigenvalue weighted by molar-refractivity contribution is 0.0943. The monoisotopic (exact) mass is 335 g/mol. The summed E-state index contributed by atoms with van der Waals surface area (Å²) in [5.74, 6) is 0.274. The molecule has 7 heteroatoms. The van der Waals surface area contributed by atoms with Crippen molar-refractivity contribution in [2.45, 2.75) is 26.4 Å². The molecule has 1 heterocycles. The molecule has 0 fully saturated rings.